The van der Waals surface area contributed by atoms with Gasteiger partial charge in [0.05, 0.1) is 15.1 Å². The first-order valence-corrected chi connectivity index (χ1v) is 12.7. The number of carbonyl (C=O) groups is 1. The zero-order valence-electron chi connectivity index (χ0n) is 18.1. The molecule has 1 aliphatic rings. The standard InChI is InChI=1S/C22H26N4O4S2/c1-3-16-6-4-5-7-19(16)30-15-21(27)24-22-23-18-9-8-17(14-20(18)31-22)32(28,29)26-12-10-25(2)11-13-26/h4-9,14H,3,10-13,15H2,1-2H3,(H,23,24,27). The van der Waals surface area contributed by atoms with Gasteiger partial charge in [0.25, 0.3) is 5.91 Å². The molecule has 32 heavy (non-hydrogen) atoms. The van der Waals surface area contributed by atoms with E-state index in [0.717, 1.165) is 12.0 Å². The lowest BCUT2D eigenvalue weighted by atomic mass is 10.1. The highest BCUT2D eigenvalue weighted by Gasteiger charge is 2.27. The van der Waals surface area contributed by atoms with Gasteiger partial charge in [-0.2, -0.15) is 4.31 Å². The average Bonchev–Trinajstić information content (AvgIpc) is 3.19. The Morgan fingerprint density at radius 3 is 2.66 bits per heavy atom. The summed E-state index contributed by atoms with van der Waals surface area (Å²) in [6.45, 7) is 4.27. The Morgan fingerprint density at radius 1 is 1.16 bits per heavy atom. The number of carbonyl (C=O) groups excluding carboxylic acids is 1. The fraction of sp³-hybridized carbons (Fsp3) is 0.364. The molecule has 1 aliphatic heterocycles. The molecule has 4 rings (SSSR count). The number of benzene rings is 2. The number of para-hydroxylation sites is 1. The number of anilines is 1. The van der Waals surface area contributed by atoms with E-state index in [0.29, 0.717) is 47.3 Å². The topological polar surface area (TPSA) is 91.8 Å². The highest BCUT2D eigenvalue weighted by atomic mass is 32.2. The van der Waals surface area contributed by atoms with E-state index in [-0.39, 0.29) is 17.4 Å². The molecule has 0 unspecified atom stereocenters. The van der Waals surface area contributed by atoms with Crippen molar-refractivity contribution < 1.29 is 17.9 Å². The number of aryl methyl sites for hydroxylation is 1. The van der Waals surface area contributed by atoms with E-state index in [1.165, 1.54) is 15.6 Å². The third-order valence-electron chi connectivity index (χ3n) is 5.42. The minimum Gasteiger partial charge on any atom is -0.483 e. The maximum atomic E-state index is 13.0. The van der Waals surface area contributed by atoms with Gasteiger partial charge < -0.3 is 9.64 Å². The number of ether oxygens (including phenoxy) is 1. The quantitative estimate of drug-likeness (QED) is 0.566. The van der Waals surface area contributed by atoms with Crippen molar-refractivity contribution in [2.24, 2.45) is 0 Å². The van der Waals surface area contributed by atoms with Gasteiger partial charge in [0.2, 0.25) is 10.0 Å². The van der Waals surface area contributed by atoms with E-state index in [4.69, 9.17) is 4.74 Å². The number of piperazine rings is 1. The van der Waals surface area contributed by atoms with Crippen LogP contribution < -0.4 is 10.1 Å². The molecule has 1 amide bonds. The molecule has 0 atom stereocenters. The van der Waals surface area contributed by atoms with Gasteiger partial charge in [-0.15, -0.1) is 0 Å². The Kier molecular flexibility index (Phi) is 6.75. The van der Waals surface area contributed by atoms with Gasteiger partial charge in [0.1, 0.15) is 5.75 Å². The van der Waals surface area contributed by atoms with Gasteiger partial charge in [-0.1, -0.05) is 36.5 Å². The maximum absolute atomic E-state index is 13.0. The summed E-state index contributed by atoms with van der Waals surface area (Å²) in [7, 11) is -1.58. The highest BCUT2D eigenvalue weighted by molar-refractivity contribution is 7.89. The van der Waals surface area contributed by atoms with Crippen molar-refractivity contribution in [3.63, 3.8) is 0 Å². The average molecular weight is 475 g/mol. The minimum absolute atomic E-state index is 0.129. The van der Waals surface area contributed by atoms with Crippen LogP contribution in [0.25, 0.3) is 10.2 Å². The van der Waals surface area contributed by atoms with Gasteiger partial charge in [0.15, 0.2) is 11.7 Å². The zero-order chi connectivity index (χ0) is 22.7. The molecule has 1 aromatic heterocycles. The molecule has 2 heterocycles. The van der Waals surface area contributed by atoms with Crippen molar-refractivity contribution in [3.8, 4) is 5.75 Å². The van der Waals surface area contributed by atoms with Crippen LogP contribution in [0.15, 0.2) is 47.4 Å². The second kappa shape index (κ2) is 9.53. The summed E-state index contributed by atoms with van der Waals surface area (Å²) in [5, 5.41) is 3.15. The molecule has 0 radical (unpaired) electrons. The van der Waals surface area contributed by atoms with Crippen LogP contribution in [0.1, 0.15) is 12.5 Å². The largest absolute Gasteiger partial charge is 0.483 e. The predicted molar refractivity (Wildman–Crippen MR) is 126 cm³/mol. The molecule has 3 aromatic rings. The van der Waals surface area contributed by atoms with Crippen LogP contribution in [-0.4, -0.2) is 68.3 Å². The SMILES string of the molecule is CCc1ccccc1OCC(=O)Nc1nc2ccc(S(=O)(=O)N3CCN(C)CC3)cc2s1. The second-order valence-electron chi connectivity index (χ2n) is 7.65. The number of amides is 1. The third kappa shape index (κ3) is 4.93. The fourth-order valence-electron chi connectivity index (χ4n) is 3.53. The molecule has 0 bridgehead atoms. The van der Waals surface area contributed by atoms with Crippen LogP contribution in [0.5, 0.6) is 5.75 Å². The minimum atomic E-state index is -3.56. The van der Waals surface area contributed by atoms with E-state index >= 15 is 0 Å². The number of hydrogen-bond acceptors (Lipinski definition) is 7. The number of aromatic nitrogens is 1. The number of nitrogens with one attached hydrogen (secondary N) is 1. The summed E-state index contributed by atoms with van der Waals surface area (Å²) in [5.74, 6) is 0.369. The number of fused-ring (bicyclic) bond motifs is 1. The fourth-order valence-corrected chi connectivity index (χ4v) is 5.98. The lowest BCUT2D eigenvalue weighted by Crippen LogP contribution is -2.46. The van der Waals surface area contributed by atoms with Crippen molar-refractivity contribution in [2.45, 2.75) is 18.2 Å². The van der Waals surface area contributed by atoms with Crippen LogP contribution in [-0.2, 0) is 21.2 Å². The lowest BCUT2D eigenvalue weighted by molar-refractivity contribution is -0.118. The van der Waals surface area contributed by atoms with E-state index in [9.17, 15) is 13.2 Å². The number of hydrogen-bond donors (Lipinski definition) is 1. The van der Waals surface area contributed by atoms with Gasteiger partial charge in [-0.05, 0) is 43.3 Å². The van der Waals surface area contributed by atoms with Gasteiger partial charge in [-0.3, -0.25) is 10.1 Å². The molecule has 1 saturated heterocycles. The summed E-state index contributed by atoms with van der Waals surface area (Å²) in [5.41, 5.74) is 1.68. The first-order valence-electron chi connectivity index (χ1n) is 10.5. The predicted octanol–water partition coefficient (Wildman–Crippen LogP) is 2.81. The van der Waals surface area contributed by atoms with Crippen molar-refractivity contribution >= 4 is 42.6 Å². The first-order chi connectivity index (χ1) is 15.4. The molecular formula is C22H26N4O4S2. The highest BCUT2D eigenvalue weighted by Crippen LogP contribution is 2.29. The van der Waals surface area contributed by atoms with Crippen molar-refractivity contribution in [1.82, 2.24) is 14.2 Å². The molecule has 8 nitrogen and oxygen atoms in total. The van der Waals surface area contributed by atoms with Gasteiger partial charge >= 0.3 is 0 Å². The Balaban J connectivity index is 1.44. The molecule has 0 aliphatic carbocycles. The molecule has 2 aromatic carbocycles. The summed E-state index contributed by atoms with van der Waals surface area (Å²) in [4.78, 5) is 19.1. The Bertz CT molecular complexity index is 1220. The number of likely N-dealkylation sites (N-methyl/N-ethyl adjacent to an activating group) is 1. The van der Waals surface area contributed by atoms with Crippen LogP contribution in [0.2, 0.25) is 0 Å². The zero-order valence-corrected chi connectivity index (χ0v) is 19.7. The van der Waals surface area contributed by atoms with E-state index in [2.05, 4.69) is 15.2 Å². The number of nitrogens with zero attached hydrogens (tertiary/aromatic N) is 3. The van der Waals surface area contributed by atoms with Crippen molar-refractivity contribution in [2.75, 3.05) is 45.2 Å². The second-order valence-corrected chi connectivity index (χ2v) is 10.6. The molecule has 0 spiro atoms. The van der Waals surface area contributed by atoms with Gasteiger partial charge in [-0.25, -0.2) is 13.4 Å². The monoisotopic (exact) mass is 474 g/mol. The number of thiazole rings is 1. The number of sulfonamides is 1. The molecule has 0 saturated carbocycles. The van der Waals surface area contributed by atoms with Crippen LogP contribution in [0.4, 0.5) is 5.13 Å². The normalized spacial score (nSPS) is 15.7. The van der Waals surface area contributed by atoms with E-state index in [1.807, 2.05) is 38.2 Å². The van der Waals surface area contributed by atoms with Crippen LogP contribution >= 0.6 is 11.3 Å². The van der Waals surface area contributed by atoms with Gasteiger partial charge in [0, 0.05) is 26.2 Å². The summed E-state index contributed by atoms with van der Waals surface area (Å²) >= 11 is 1.24. The van der Waals surface area contributed by atoms with E-state index < -0.39 is 10.0 Å². The molecule has 10 heteroatoms. The lowest BCUT2D eigenvalue weighted by Gasteiger charge is -2.31. The summed E-state index contributed by atoms with van der Waals surface area (Å²) in [6, 6.07) is 12.5. The van der Waals surface area contributed by atoms with Crippen LogP contribution in [0.3, 0.4) is 0 Å². The molecule has 1 N–H and O–H groups in total. The molecular weight excluding hydrogens is 448 g/mol. The summed E-state index contributed by atoms with van der Waals surface area (Å²) in [6.07, 6.45) is 0.815. The smallest absolute Gasteiger partial charge is 0.264 e. The molecule has 1 fully saturated rings. The Labute approximate surface area is 191 Å². The first kappa shape index (κ1) is 22.7. The van der Waals surface area contributed by atoms with Crippen molar-refractivity contribution in [3.05, 3.63) is 48.0 Å². The summed E-state index contributed by atoms with van der Waals surface area (Å²) < 4.78 is 33.9. The molecule has 170 valence electrons. The van der Waals surface area contributed by atoms with Crippen molar-refractivity contribution in [1.29, 1.82) is 0 Å². The Hall–Kier alpha value is -2.53. The Morgan fingerprint density at radius 2 is 1.91 bits per heavy atom. The maximum Gasteiger partial charge on any atom is 0.264 e. The van der Waals surface area contributed by atoms with E-state index in [1.54, 1.807) is 18.2 Å². The number of rotatable bonds is 7. The third-order valence-corrected chi connectivity index (χ3v) is 8.25. The van der Waals surface area contributed by atoms with Crippen LogP contribution in [0, 0.1) is 0 Å².